The van der Waals surface area contributed by atoms with E-state index in [0.29, 0.717) is 6.54 Å². The number of hydrogen-bond acceptors (Lipinski definition) is 2. The minimum Gasteiger partial charge on any atom is -0.324 e. The number of hydrogen-bond donors (Lipinski definition) is 0. The van der Waals surface area contributed by atoms with Gasteiger partial charge >= 0.3 is 0 Å². The molecule has 1 aliphatic heterocycles. The van der Waals surface area contributed by atoms with E-state index in [1.54, 1.807) is 4.90 Å². The van der Waals surface area contributed by atoms with Gasteiger partial charge in [-0.25, -0.2) is 0 Å². The Bertz CT molecular complexity index is 576. The first-order chi connectivity index (χ1) is 9.53. The molecular formula is C18H25NO2. The maximum Gasteiger partial charge on any atom is 0.229 e. The molecule has 1 aromatic rings. The number of ketones is 1. The SMILES string of the molecule is CC(C)(C)C(=O)C1c2ccccc2CN1C(=O)C(C)(C)C. The zero-order chi connectivity index (χ0) is 16.0. The van der Waals surface area contributed by atoms with E-state index in [1.807, 2.05) is 65.8 Å². The van der Waals surface area contributed by atoms with Crippen LogP contribution in [-0.4, -0.2) is 16.6 Å². The van der Waals surface area contributed by atoms with Crippen LogP contribution >= 0.6 is 0 Å². The van der Waals surface area contributed by atoms with E-state index >= 15 is 0 Å². The molecule has 0 saturated carbocycles. The maximum atomic E-state index is 12.9. The third kappa shape index (κ3) is 2.87. The predicted molar refractivity (Wildman–Crippen MR) is 83.7 cm³/mol. The molecule has 1 aliphatic rings. The molecule has 0 aromatic heterocycles. The lowest BCUT2D eigenvalue weighted by molar-refractivity contribution is -0.148. The van der Waals surface area contributed by atoms with Crippen LogP contribution in [0.5, 0.6) is 0 Å². The highest BCUT2D eigenvalue weighted by atomic mass is 16.2. The van der Waals surface area contributed by atoms with E-state index < -0.39 is 16.9 Å². The Morgan fingerprint density at radius 2 is 1.57 bits per heavy atom. The normalized spacial score (nSPS) is 18.6. The molecule has 1 heterocycles. The molecule has 0 radical (unpaired) electrons. The monoisotopic (exact) mass is 287 g/mol. The summed E-state index contributed by atoms with van der Waals surface area (Å²) < 4.78 is 0. The number of Topliss-reactive ketones (excluding diaryl/α,β-unsaturated/α-hetero) is 1. The van der Waals surface area contributed by atoms with Crippen molar-refractivity contribution in [3.05, 3.63) is 35.4 Å². The lowest BCUT2D eigenvalue weighted by Crippen LogP contribution is -2.43. The fourth-order valence-electron chi connectivity index (χ4n) is 2.70. The molecule has 21 heavy (non-hydrogen) atoms. The van der Waals surface area contributed by atoms with E-state index in [9.17, 15) is 9.59 Å². The summed E-state index contributed by atoms with van der Waals surface area (Å²) in [4.78, 5) is 27.4. The topological polar surface area (TPSA) is 37.4 Å². The second-order valence-electron chi connectivity index (χ2n) is 7.90. The minimum atomic E-state index is -0.488. The summed E-state index contributed by atoms with van der Waals surface area (Å²) >= 11 is 0. The summed E-state index contributed by atoms with van der Waals surface area (Å²) in [6, 6.07) is 7.43. The van der Waals surface area contributed by atoms with Crippen molar-refractivity contribution in [2.75, 3.05) is 0 Å². The molecule has 114 valence electrons. The Balaban J connectivity index is 2.48. The van der Waals surface area contributed by atoms with Gasteiger partial charge in [-0.05, 0) is 11.1 Å². The van der Waals surface area contributed by atoms with Crippen molar-refractivity contribution in [1.29, 1.82) is 0 Å². The van der Waals surface area contributed by atoms with Crippen LogP contribution in [0.15, 0.2) is 24.3 Å². The number of benzene rings is 1. The van der Waals surface area contributed by atoms with E-state index in [2.05, 4.69) is 0 Å². The van der Waals surface area contributed by atoms with Gasteiger partial charge in [0, 0.05) is 17.4 Å². The summed E-state index contributed by atoms with van der Waals surface area (Å²) in [5.41, 5.74) is 1.10. The maximum absolute atomic E-state index is 12.9. The van der Waals surface area contributed by atoms with Crippen molar-refractivity contribution in [2.24, 2.45) is 10.8 Å². The molecule has 1 atom stereocenters. The Morgan fingerprint density at radius 1 is 1.00 bits per heavy atom. The molecular weight excluding hydrogens is 262 g/mol. The van der Waals surface area contributed by atoms with Crippen LogP contribution in [0.1, 0.15) is 58.7 Å². The summed E-state index contributed by atoms with van der Waals surface area (Å²) in [7, 11) is 0. The molecule has 3 nitrogen and oxygen atoms in total. The molecule has 0 saturated heterocycles. The zero-order valence-corrected chi connectivity index (χ0v) is 13.9. The van der Waals surface area contributed by atoms with Crippen molar-refractivity contribution < 1.29 is 9.59 Å². The van der Waals surface area contributed by atoms with Crippen molar-refractivity contribution in [1.82, 2.24) is 4.90 Å². The summed E-state index contributed by atoms with van der Waals surface area (Å²) in [6.07, 6.45) is 0. The average molecular weight is 287 g/mol. The molecule has 1 unspecified atom stereocenters. The zero-order valence-electron chi connectivity index (χ0n) is 13.9. The van der Waals surface area contributed by atoms with Crippen LogP contribution in [0, 0.1) is 10.8 Å². The van der Waals surface area contributed by atoms with Crippen molar-refractivity contribution in [3.8, 4) is 0 Å². The van der Waals surface area contributed by atoms with E-state index in [-0.39, 0.29) is 11.7 Å². The molecule has 0 bridgehead atoms. The first-order valence-electron chi connectivity index (χ1n) is 7.46. The van der Waals surface area contributed by atoms with Gasteiger partial charge < -0.3 is 4.90 Å². The molecule has 1 aromatic carbocycles. The second kappa shape index (κ2) is 4.97. The largest absolute Gasteiger partial charge is 0.324 e. The predicted octanol–water partition coefficient (Wildman–Crippen LogP) is 3.73. The molecule has 3 heteroatoms. The molecule has 0 spiro atoms. The second-order valence-corrected chi connectivity index (χ2v) is 7.90. The van der Waals surface area contributed by atoms with Gasteiger partial charge in [0.2, 0.25) is 5.91 Å². The van der Waals surface area contributed by atoms with Gasteiger partial charge in [-0.2, -0.15) is 0 Å². The van der Waals surface area contributed by atoms with Gasteiger partial charge in [-0.1, -0.05) is 65.8 Å². The Hall–Kier alpha value is -1.64. The van der Waals surface area contributed by atoms with E-state index in [4.69, 9.17) is 0 Å². The summed E-state index contributed by atoms with van der Waals surface area (Å²) in [5.74, 6) is 0.131. The first kappa shape index (κ1) is 15.7. The third-order valence-corrected chi connectivity index (χ3v) is 3.89. The number of nitrogens with zero attached hydrogens (tertiary/aromatic N) is 1. The van der Waals surface area contributed by atoms with E-state index in [1.165, 1.54) is 0 Å². The smallest absolute Gasteiger partial charge is 0.229 e. The Kier molecular flexibility index (Phi) is 3.73. The summed E-state index contributed by atoms with van der Waals surface area (Å²) in [5, 5.41) is 0. The minimum absolute atomic E-state index is 0.0290. The van der Waals surface area contributed by atoms with Crippen LogP contribution in [-0.2, 0) is 16.1 Å². The molecule has 1 amide bonds. The van der Waals surface area contributed by atoms with Crippen LogP contribution in [0.25, 0.3) is 0 Å². The quantitative estimate of drug-likeness (QED) is 0.789. The van der Waals surface area contributed by atoms with Gasteiger partial charge in [-0.15, -0.1) is 0 Å². The average Bonchev–Trinajstić information content (AvgIpc) is 2.73. The number of rotatable bonds is 1. The number of fused-ring (bicyclic) bond motifs is 1. The lowest BCUT2D eigenvalue weighted by atomic mass is 9.83. The van der Waals surface area contributed by atoms with Crippen LogP contribution in [0.2, 0.25) is 0 Å². The first-order valence-corrected chi connectivity index (χ1v) is 7.46. The standard InChI is InChI=1S/C18H25NO2/c1-17(2,3)15(20)14-13-10-8-7-9-12(13)11-19(14)16(21)18(4,5)6/h7-10,14H,11H2,1-6H3. The Labute approximate surface area is 127 Å². The fraction of sp³-hybridized carbons (Fsp3) is 0.556. The third-order valence-electron chi connectivity index (χ3n) is 3.89. The van der Waals surface area contributed by atoms with Crippen LogP contribution in [0.3, 0.4) is 0 Å². The number of carbonyl (C=O) groups is 2. The van der Waals surface area contributed by atoms with Gasteiger partial charge in [-0.3, -0.25) is 9.59 Å². The van der Waals surface area contributed by atoms with Gasteiger partial charge in [0.05, 0.1) is 0 Å². The number of amides is 1. The van der Waals surface area contributed by atoms with Gasteiger partial charge in [0.25, 0.3) is 0 Å². The highest BCUT2D eigenvalue weighted by Crippen LogP contribution is 2.40. The Morgan fingerprint density at radius 3 is 2.10 bits per heavy atom. The fourth-order valence-corrected chi connectivity index (χ4v) is 2.70. The van der Waals surface area contributed by atoms with Crippen LogP contribution in [0.4, 0.5) is 0 Å². The van der Waals surface area contributed by atoms with Gasteiger partial charge in [0.1, 0.15) is 6.04 Å². The van der Waals surface area contributed by atoms with E-state index in [0.717, 1.165) is 11.1 Å². The summed E-state index contributed by atoms with van der Waals surface area (Å²) in [6.45, 7) is 12.0. The van der Waals surface area contributed by atoms with Crippen molar-refractivity contribution in [3.63, 3.8) is 0 Å². The van der Waals surface area contributed by atoms with Crippen LogP contribution < -0.4 is 0 Å². The molecule has 0 N–H and O–H groups in total. The molecule has 0 fully saturated rings. The molecule has 2 rings (SSSR count). The molecule has 0 aliphatic carbocycles. The van der Waals surface area contributed by atoms with Gasteiger partial charge in [0.15, 0.2) is 5.78 Å². The lowest BCUT2D eigenvalue weighted by Gasteiger charge is -2.33. The number of carbonyl (C=O) groups excluding carboxylic acids is 2. The van der Waals surface area contributed by atoms with Crippen molar-refractivity contribution in [2.45, 2.75) is 54.1 Å². The highest BCUT2D eigenvalue weighted by molar-refractivity contribution is 5.95. The highest BCUT2D eigenvalue weighted by Gasteiger charge is 2.44. The van der Waals surface area contributed by atoms with Crippen molar-refractivity contribution >= 4 is 11.7 Å².